The quantitative estimate of drug-likeness (QED) is 0.622. The average molecular weight is 252 g/mol. The normalized spacial score (nSPS) is 12.1. The molecular formula is C11H19F3N2O. The highest BCUT2D eigenvalue weighted by molar-refractivity contribution is 4.72. The SMILES string of the molecule is CC(C)CN(CCC#N)CCOCC(F)(F)F. The molecule has 0 radical (unpaired) electrons. The van der Waals surface area contributed by atoms with Gasteiger partial charge in [-0.2, -0.15) is 18.4 Å². The van der Waals surface area contributed by atoms with Crippen LogP contribution in [-0.2, 0) is 4.74 Å². The molecule has 0 rings (SSSR count). The van der Waals surface area contributed by atoms with Crippen LogP contribution in [0.15, 0.2) is 0 Å². The summed E-state index contributed by atoms with van der Waals surface area (Å²) >= 11 is 0. The van der Waals surface area contributed by atoms with Crippen LogP contribution in [0.5, 0.6) is 0 Å². The van der Waals surface area contributed by atoms with E-state index in [4.69, 9.17) is 5.26 Å². The van der Waals surface area contributed by atoms with E-state index in [1.165, 1.54) is 0 Å². The monoisotopic (exact) mass is 252 g/mol. The highest BCUT2D eigenvalue weighted by Crippen LogP contribution is 2.14. The van der Waals surface area contributed by atoms with Gasteiger partial charge < -0.3 is 4.74 Å². The number of alkyl halides is 3. The summed E-state index contributed by atoms with van der Waals surface area (Å²) in [6, 6.07) is 2.02. The summed E-state index contributed by atoms with van der Waals surface area (Å²) in [6.07, 6.45) is -3.89. The van der Waals surface area contributed by atoms with E-state index < -0.39 is 12.8 Å². The van der Waals surface area contributed by atoms with Crippen molar-refractivity contribution < 1.29 is 17.9 Å². The van der Waals surface area contributed by atoms with Gasteiger partial charge in [0, 0.05) is 26.1 Å². The zero-order chi connectivity index (χ0) is 13.3. The third-order valence-electron chi connectivity index (χ3n) is 1.98. The number of halogens is 3. The van der Waals surface area contributed by atoms with E-state index in [1.54, 1.807) is 0 Å². The number of ether oxygens (including phenoxy) is 1. The Hall–Kier alpha value is -0.800. The summed E-state index contributed by atoms with van der Waals surface area (Å²) in [7, 11) is 0. The second kappa shape index (κ2) is 8.31. The fourth-order valence-corrected chi connectivity index (χ4v) is 1.40. The lowest BCUT2D eigenvalue weighted by molar-refractivity contribution is -0.174. The van der Waals surface area contributed by atoms with Crippen molar-refractivity contribution in [3.8, 4) is 6.07 Å². The van der Waals surface area contributed by atoms with Crippen molar-refractivity contribution in [1.29, 1.82) is 5.26 Å². The van der Waals surface area contributed by atoms with E-state index >= 15 is 0 Å². The largest absolute Gasteiger partial charge is 0.411 e. The van der Waals surface area contributed by atoms with Crippen molar-refractivity contribution >= 4 is 0 Å². The predicted molar refractivity (Wildman–Crippen MR) is 58.4 cm³/mol. The first-order valence-electron chi connectivity index (χ1n) is 5.59. The molecule has 0 bridgehead atoms. The van der Waals surface area contributed by atoms with Gasteiger partial charge in [-0.15, -0.1) is 0 Å². The number of nitriles is 1. The van der Waals surface area contributed by atoms with Crippen LogP contribution in [0.2, 0.25) is 0 Å². The van der Waals surface area contributed by atoms with Crippen LogP contribution in [0, 0.1) is 17.2 Å². The van der Waals surface area contributed by atoms with E-state index in [2.05, 4.69) is 4.74 Å². The number of rotatable bonds is 8. The first-order valence-corrected chi connectivity index (χ1v) is 5.59. The van der Waals surface area contributed by atoms with E-state index in [-0.39, 0.29) is 6.61 Å². The van der Waals surface area contributed by atoms with Gasteiger partial charge in [0.2, 0.25) is 0 Å². The number of hydrogen-bond acceptors (Lipinski definition) is 3. The highest BCUT2D eigenvalue weighted by Gasteiger charge is 2.27. The molecule has 0 aromatic carbocycles. The third kappa shape index (κ3) is 11.5. The highest BCUT2D eigenvalue weighted by atomic mass is 19.4. The smallest absolute Gasteiger partial charge is 0.371 e. The van der Waals surface area contributed by atoms with Crippen LogP contribution in [0.3, 0.4) is 0 Å². The van der Waals surface area contributed by atoms with Crippen LogP contribution in [0.25, 0.3) is 0 Å². The summed E-state index contributed by atoms with van der Waals surface area (Å²) in [4.78, 5) is 1.95. The standard InChI is InChI=1S/C11H19F3N2O/c1-10(2)8-16(5-3-4-15)6-7-17-9-11(12,13)14/h10H,3,5-9H2,1-2H3. The Morgan fingerprint density at radius 2 is 1.94 bits per heavy atom. The van der Waals surface area contributed by atoms with Gasteiger partial charge in [0.05, 0.1) is 12.7 Å². The Bertz CT molecular complexity index is 236. The Morgan fingerprint density at radius 1 is 1.29 bits per heavy atom. The molecule has 0 saturated heterocycles. The first-order chi connectivity index (χ1) is 7.85. The second-order valence-corrected chi connectivity index (χ2v) is 4.27. The maximum Gasteiger partial charge on any atom is 0.411 e. The van der Waals surface area contributed by atoms with Crippen molar-refractivity contribution in [3.05, 3.63) is 0 Å². The summed E-state index contributed by atoms with van der Waals surface area (Å²) in [6.45, 7) is 4.64. The van der Waals surface area contributed by atoms with Gasteiger partial charge in [0.1, 0.15) is 6.61 Å². The van der Waals surface area contributed by atoms with Crippen molar-refractivity contribution in [2.45, 2.75) is 26.4 Å². The number of hydrogen-bond donors (Lipinski definition) is 0. The summed E-state index contributed by atoms with van der Waals surface area (Å²) in [5, 5.41) is 8.47. The molecule has 0 fully saturated rings. The molecule has 0 unspecified atom stereocenters. The van der Waals surface area contributed by atoms with Gasteiger partial charge in [-0.25, -0.2) is 0 Å². The molecule has 0 aromatic rings. The minimum atomic E-state index is -4.27. The Labute approximate surface area is 100 Å². The molecule has 0 aliphatic heterocycles. The summed E-state index contributed by atoms with van der Waals surface area (Å²) < 4.78 is 40.0. The molecule has 17 heavy (non-hydrogen) atoms. The first kappa shape index (κ1) is 16.2. The summed E-state index contributed by atoms with van der Waals surface area (Å²) in [5.41, 5.74) is 0. The van der Waals surface area contributed by atoms with E-state index in [1.807, 2.05) is 24.8 Å². The molecule has 0 N–H and O–H groups in total. The third-order valence-corrected chi connectivity index (χ3v) is 1.98. The molecule has 0 aromatic heterocycles. The lowest BCUT2D eigenvalue weighted by Crippen LogP contribution is -2.33. The zero-order valence-electron chi connectivity index (χ0n) is 10.3. The predicted octanol–water partition coefficient (Wildman–Crippen LogP) is 2.44. The Kier molecular flexibility index (Phi) is 7.92. The Morgan fingerprint density at radius 3 is 2.41 bits per heavy atom. The van der Waals surface area contributed by atoms with Crippen molar-refractivity contribution in [2.75, 3.05) is 32.8 Å². The van der Waals surface area contributed by atoms with Gasteiger partial charge in [0.25, 0.3) is 0 Å². The second-order valence-electron chi connectivity index (χ2n) is 4.27. The topological polar surface area (TPSA) is 36.3 Å². The number of nitrogens with zero attached hydrogens (tertiary/aromatic N) is 2. The molecule has 3 nitrogen and oxygen atoms in total. The minimum absolute atomic E-state index is 0.0393. The molecule has 100 valence electrons. The molecule has 0 amide bonds. The lowest BCUT2D eigenvalue weighted by Gasteiger charge is -2.23. The maximum atomic E-state index is 11.8. The van der Waals surface area contributed by atoms with E-state index in [0.29, 0.717) is 25.4 Å². The van der Waals surface area contributed by atoms with Crippen LogP contribution < -0.4 is 0 Å². The molecular weight excluding hydrogens is 233 g/mol. The molecule has 0 saturated carbocycles. The van der Waals surface area contributed by atoms with Crippen LogP contribution >= 0.6 is 0 Å². The minimum Gasteiger partial charge on any atom is -0.371 e. The van der Waals surface area contributed by atoms with Crippen LogP contribution in [0.4, 0.5) is 13.2 Å². The lowest BCUT2D eigenvalue weighted by atomic mass is 10.2. The van der Waals surface area contributed by atoms with Gasteiger partial charge >= 0.3 is 6.18 Å². The molecule has 0 spiro atoms. The Balaban J connectivity index is 3.79. The van der Waals surface area contributed by atoms with Crippen LogP contribution in [0.1, 0.15) is 20.3 Å². The fraction of sp³-hybridized carbons (Fsp3) is 0.909. The molecule has 0 heterocycles. The fourth-order valence-electron chi connectivity index (χ4n) is 1.40. The van der Waals surface area contributed by atoms with E-state index in [0.717, 1.165) is 6.54 Å². The molecule has 6 heteroatoms. The van der Waals surface area contributed by atoms with Crippen molar-refractivity contribution in [1.82, 2.24) is 4.90 Å². The maximum absolute atomic E-state index is 11.8. The van der Waals surface area contributed by atoms with Crippen molar-refractivity contribution in [2.24, 2.45) is 5.92 Å². The van der Waals surface area contributed by atoms with Gasteiger partial charge in [-0.05, 0) is 5.92 Å². The van der Waals surface area contributed by atoms with Gasteiger partial charge in [-0.1, -0.05) is 13.8 Å². The molecule has 0 aliphatic rings. The zero-order valence-corrected chi connectivity index (χ0v) is 10.3. The van der Waals surface area contributed by atoms with E-state index in [9.17, 15) is 13.2 Å². The average Bonchev–Trinajstić information content (AvgIpc) is 2.18. The van der Waals surface area contributed by atoms with Gasteiger partial charge in [0.15, 0.2) is 0 Å². The molecule has 0 atom stereocenters. The summed E-state index contributed by atoms with van der Waals surface area (Å²) in [5.74, 6) is 0.413. The van der Waals surface area contributed by atoms with Crippen LogP contribution in [-0.4, -0.2) is 43.9 Å². The van der Waals surface area contributed by atoms with Gasteiger partial charge in [-0.3, -0.25) is 4.90 Å². The molecule has 0 aliphatic carbocycles. The van der Waals surface area contributed by atoms with Crippen molar-refractivity contribution in [3.63, 3.8) is 0 Å².